The van der Waals surface area contributed by atoms with E-state index in [1.54, 1.807) is 23.0 Å². The molecule has 0 spiro atoms. The van der Waals surface area contributed by atoms with Crippen LogP contribution in [0.2, 0.25) is 0 Å². The van der Waals surface area contributed by atoms with Crippen molar-refractivity contribution in [1.29, 1.82) is 0 Å². The highest BCUT2D eigenvalue weighted by Crippen LogP contribution is 2.31. The molecule has 1 aliphatic heterocycles. The number of aromatic nitrogens is 2. The first-order valence-electron chi connectivity index (χ1n) is 11.1. The van der Waals surface area contributed by atoms with Crippen molar-refractivity contribution < 1.29 is 9.53 Å². The third-order valence-corrected chi connectivity index (χ3v) is 8.37. The van der Waals surface area contributed by atoms with Crippen molar-refractivity contribution >= 4 is 39.2 Å². The van der Waals surface area contributed by atoms with E-state index < -0.39 is 0 Å². The van der Waals surface area contributed by atoms with Gasteiger partial charge in [0, 0.05) is 23.5 Å². The van der Waals surface area contributed by atoms with Gasteiger partial charge in [0.05, 0.1) is 23.9 Å². The molecule has 2 aromatic heterocycles. The minimum atomic E-state index is -0.0991. The van der Waals surface area contributed by atoms with Gasteiger partial charge in [0.1, 0.15) is 10.6 Å². The molecule has 8 heteroatoms. The maximum atomic E-state index is 13.7. The number of piperidine rings is 1. The molecular formula is C24H29N3O3S2. The number of hydrogen-bond acceptors (Lipinski definition) is 6. The predicted molar refractivity (Wildman–Crippen MR) is 132 cm³/mol. The average molecular weight is 472 g/mol. The summed E-state index contributed by atoms with van der Waals surface area (Å²) in [6.07, 6.45) is 4.12. The number of likely N-dealkylation sites (tertiary alicyclic amines) is 1. The Labute approximate surface area is 196 Å². The summed E-state index contributed by atoms with van der Waals surface area (Å²) in [6.45, 7) is 7.00. The third-order valence-electron chi connectivity index (χ3n) is 6.11. The summed E-state index contributed by atoms with van der Waals surface area (Å²) < 4.78 is 7.00. The van der Waals surface area contributed by atoms with Crippen LogP contribution in [-0.4, -0.2) is 45.8 Å². The lowest BCUT2D eigenvalue weighted by Gasteiger charge is -2.33. The van der Waals surface area contributed by atoms with E-state index in [4.69, 9.17) is 9.72 Å². The molecule has 1 atom stereocenters. The molecule has 32 heavy (non-hydrogen) atoms. The van der Waals surface area contributed by atoms with Gasteiger partial charge < -0.3 is 9.64 Å². The van der Waals surface area contributed by atoms with Crippen LogP contribution in [0.25, 0.3) is 15.9 Å². The standard InChI is InChI=1S/C24H29N3O3S2/c1-5-19-16(3)21-22(32-19)25-24(31-14-20(28)26-12-7-6-9-15(26)2)27(23(21)29)17-10-8-11-18(13-17)30-4/h8,10-11,13,15H,5-7,9,12,14H2,1-4H3. The van der Waals surface area contributed by atoms with E-state index in [0.29, 0.717) is 22.0 Å². The van der Waals surface area contributed by atoms with Crippen molar-refractivity contribution in [2.75, 3.05) is 19.4 Å². The molecular weight excluding hydrogens is 442 g/mol. The number of hydrogen-bond donors (Lipinski definition) is 0. The second-order valence-electron chi connectivity index (χ2n) is 8.14. The van der Waals surface area contributed by atoms with Crippen LogP contribution in [0.1, 0.15) is 43.6 Å². The van der Waals surface area contributed by atoms with Crippen molar-refractivity contribution in [2.24, 2.45) is 0 Å². The normalized spacial score (nSPS) is 16.5. The van der Waals surface area contributed by atoms with Crippen molar-refractivity contribution in [1.82, 2.24) is 14.5 Å². The Hall–Kier alpha value is -2.32. The monoisotopic (exact) mass is 471 g/mol. The number of thioether (sulfide) groups is 1. The Bertz CT molecular complexity index is 1200. The van der Waals surface area contributed by atoms with Crippen molar-refractivity contribution in [3.8, 4) is 11.4 Å². The Morgan fingerprint density at radius 2 is 2.16 bits per heavy atom. The SMILES string of the molecule is CCc1sc2nc(SCC(=O)N3CCCCC3C)n(-c3cccc(OC)c3)c(=O)c2c1C. The molecule has 3 heterocycles. The highest BCUT2D eigenvalue weighted by Gasteiger charge is 2.25. The zero-order valence-corrected chi connectivity index (χ0v) is 20.6. The smallest absolute Gasteiger partial charge is 0.267 e. The lowest BCUT2D eigenvalue weighted by atomic mass is 10.0. The summed E-state index contributed by atoms with van der Waals surface area (Å²) in [4.78, 5) is 35.4. The van der Waals surface area contributed by atoms with Crippen molar-refractivity contribution in [2.45, 2.75) is 57.7 Å². The fourth-order valence-corrected chi connectivity index (χ4v) is 6.36. The number of rotatable bonds is 6. The molecule has 0 saturated carbocycles. The van der Waals surface area contributed by atoms with Gasteiger partial charge >= 0.3 is 0 Å². The molecule has 1 unspecified atom stereocenters. The third kappa shape index (κ3) is 4.30. The second-order valence-corrected chi connectivity index (χ2v) is 10.2. The average Bonchev–Trinajstić information content (AvgIpc) is 3.13. The molecule has 0 aliphatic carbocycles. The van der Waals surface area contributed by atoms with E-state index in [-0.39, 0.29) is 23.3 Å². The number of benzene rings is 1. The van der Waals surface area contributed by atoms with Crippen LogP contribution in [0, 0.1) is 6.92 Å². The molecule has 1 amide bonds. The maximum Gasteiger partial charge on any atom is 0.267 e. The topological polar surface area (TPSA) is 64.4 Å². The summed E-state index contributed by atoms with van der Waals surface area (Å²) in [5.74, 6) is 1.03. The van der Waals surface area contributed by atoms with Gasteiger partial charge in [-0.25, -0.2) is 4.98 Å². The number of carbonyl (C=O) groups is 1. The molecule has 1 aromatic carbocycles. The molecule has 0 N–H and O–H groups in total. The summed E-state index contributed by atoms with van der Waals surface area (Å²) >= 11 is 2.91. The zero-order valence-electron chi connectivity index (χ0n) is 19.0. The largest absolute Gasteiger partial charge is 0.497 e. The molecule has 170 valence electrons. The molecule has 6 nitrogen and oxygen atoms in total. The van der Waals surface area contributed by atoms with E-state index in [1.807, 2.05) is 36.1 Å². The minimum absolute atomic E-state index is 0.0991. The van der Waals surface area contributed by atoms with Crippen LogP contribution < -0.4 is 10.3 Å². The number of ether oxygens (including phenoxy) is 1. The number of fused-ring (bicyclic) bond motifs is 1. The van der Waals surface area contributed by atoms with Crippen molar-refractivity contribution in [3.63, 3.8) is 0 Å². The molecule has 3 aromatic rings. The number of methoxy groups -OCH3 is 1. The molecule has 1 fully saturated rings. The summed E-state index contributed by atoms with van der Waals surface area (Å²) in [7, 11) is 1.61. The molecule has 1 aliphatic rings. The Morgan fingerprint density at radius 1 is 1.34 bits per heavy atom. The Morgan fingerprint density at radius 3 is 2.88 bits per heavy atom. The maximum absolute atomic E-state index is 13.7. The molecule has 0 bridgehead atoms. The van der Waals surface area contributed by atoms with E-state index in [1.165, 1.54) is 23.1 Å². The quantitative estimate of drug-likeness (QED) is 0.381. The lowest BCUT2D eigenvalue weighted by molar-refractivity contribution is -0.131. The molecule has 0 radical (unpaired) electrons. The highest BCUT2D eigenvalue weighted by atomic mass is 32.2. The molecule has 1 saturated heterocycles. The van der Waals surface area contributed by atoms with Crippen LogP contribution in [0.5, 0.6) is 5.75 Å². The number of carbonyl (C=O) groups excluding carboxylic acids is 1. The predicted octanol–water partition coefficient (Wildman–Crippen LogP) is 4.82. The van der Waals surface area contributed by atoms with Gasteiger partial charge in [-0.2, -0.15) is 0 Å². The van der Waals surface area contributed by atoms with Gasteiger partial charge in [-0.05, 0) is 57.2 Å². The van der Waals surface area contributed by atoms with Crippen LogP contribution >= 0.6 is 23.1 Å². The van der Waals surface area contributed by atoms with E-state index in [2.05, 4.69) is 13.8 Å². The fraction of sp³-hybridized carbons (Fsp3) is 0.458. The lowest BCUT2D eigenvalue weighted by Crippen LogP contribution is -2.43. The Kier molecular flexibility index (Phi) is 6.90. The first-order chi connectivity index (χ1) is 15.4. The van der Waals surface area contributed by atoms with Crippen LogP contribution in [0.4, 0.5) is 0 Å². The summed E-state index contributed by atoms with van der Waals surface area (Å²) in [5, 5.41) is 1.20. The van der Waals surface area contributed by atoms with Crippen molar-refractivity contribution in [3.05, 3.63) is 45.1 Å². The van der Waals surface area contributed by atoms with Crippen LogP contribution in [0.15, 0.2) is 34.2 Å². The first-order valence-corrected chi connectivity index (χ1v) is 12.9. The highest BCUT2D eigenvalue weighted by molar-refractivity contribution is 7.99. The van der Waals surface area contributed by atoms with Gasteiger partial charge in [0.15, 0.2) is 5.16 Å². The van der Waals surface area contributed by atoms with Gasteiger partial charge in [-0.15, -0.1) is 11.3 Å². The summed E-state index contributed by atoms with van der Waals surface area (Å²) in [6, 6.07) is 7.67. The number of thiophene rings is 1. The van der Waals surface area contributed by atoms with E-state index in [0.717, 1.165) is 36.2 Å². The van der Waals surface area contributed by atoms with E-state index >= 15 is 0 Å². The van der Waals surface area contributed by atoms with E-state index in [9.17, 15) is 9.59 Å². The Balaban J connectivity index is 1.77. The van der Waals surface area contributed by atoms with Crippen LogP contribution in [0.3, 0.4) is 0 Å². The number of nitrogens with zero attached hydrogens (tertiary/aromatic N) is 3. The summed E-state index contributed by atoms with van der Waals surface area (Å²) in [5.41, 5.74) is 1.59. The second kappa shape index (κ2) is 9.67. The zero-order chi connectivity index (χ0) is 22.8. The number of amides is 1. The number of aryl methyl sites for hydroxylation is 2. The molecule has 4 rings (SSSR count). The van der Waals surface area contributed by atoms with Gasteiger partial charge in [0.25, 0.3) is 5.56 Å². The minimum Gasteiger partial charge on any atom is -0.497 e. The van der Waals surface area contributed by atoms with Gasteiger partial charge in [-0.3, -0.25) is 14.2 Å². The van der Waals surface area contributed by atoms with Crippen LogP contribution in [-0.2, 0) is 11.2 Å². The fourth-order valence-electron chi connectivity index (χ4n) is 4.30. The van der Waals surface area contributed by atoms with Gasteiger partial charge in [-0.1, -0.05) is 24.8 Å². The van der Waals surface area contributed by atoms with Gasteiger partial charge in [0.2, 0.25) is 5.91 Å². The first kappa shape index (κ1) is 22.9.